The molecule has 1 saturated heterocycles. The summed E-state index contributed by atoms with van der Waals surface area (Å²) < 4.78 is 4.93. The molecule has 1 aliphatic rings. The van der Waals surface area contributed by atoms with Crippen LogP contribution in [0.5, 0.6) is 0 Å². The van der Waals surface area contributed by atoms with Crippen molar-refractivity contribution < 1.29 is 14.3 Å². The van der Waals surface area contributed by atoms with Gasteiger partial charge >= 0.3 is 5.97 Å². The Kier molecular flexibility index (Phi) is 5.71. The van der Waals surface area contributed by atoms with Gasteiger partial charge in [0.15, 0.2) is 0 Å². The molecule has 7 heteroatoms. The zero-order valence-electron chi connectivity index (χ0n) is 13.0. The summed E-state index contributed by atoms with van der Waals surface area (Å²) >= 11 is 0. The maximum absolute atomic E-state index is 11.8. The quantitative estimate of drug-likeness (QED) is 0.779. The zero-order valence-corrected chi connectivity index (χ0v) is 13.0. The van der Waals surface area contributed by atoms with Gasteiger partial charge in [-0.15, -0.1) is 0 Å². The summed E-state index contributed by atoms with van der Waals surface area (Å²) in [5.41, 5.74) is 0.452. The Morgan fingerprint density at radius 1 is 1.27 bits per heavy atom. The lowest BCUT2D eigenvalue weighted by molar-refractivity contribution is -0.130. The molecule has 2 heterocycles. The van der Waals surface area contributed by atoms with E-state index in [4.69, 9.17) is 4.74 Å². The van der Waals surface area contributed by atoms with E-state index < -0.39 is 0 Å². The van der Waals surface area contributed by atoms with Gasteiger partial charge in [-0.25, -0.2) is 9.78 Å². The van der Waals surface area contributed by atoms with Gasteiger partial charge < -0.3 is 19.9 Å². The molecule has 1 amide bonds. The van der Waals surface area contributed by atoms with E-state index in [2.05, 4.69) is 15.2 Å². The third-order valence-corrected chi connectivity index (χ3v) is 3.54. The molecule has 0 atom stereocenters. The maximum Gasteiger partial charge on any atom is 0.339 e. The first-order chi connectivity index (χ1) is 10.7. The Morgan fingerprint density at radius 3 is 2.55 bits per heavy atom. The first-order valence-corrected chi connectivity index (χ1v) is 7.46. The van der Waals surface area contributed by atoms with Crippen LogP contribution in [0.3, 0.4) is 0 Å². The molecule has 0 bridgehead atoms. The molecule has 0 saturated carbocycles. The number of aromatic nitrogens is 1. The molecular formula is C15H22N4O3. The molecule has 1 N–H and O–H groups in total. The van der Waals surface area contributed by atoms with Gasteiger partial charge in [0.25, 0.3) is 0 Å². The van der Waals surface area contributed by atoms with Crippen molar-refractivity contribution >= 4 is 17.7 Å². The Balaban J connectivity index is 1.91. The van der Waals surface area contributed by atoms with Gasteiger partial charge in [0.05, 0.1) is 18.7 Å². The lowest BCUT2D eigenvalue weighted by Crippen LogP contribution is -2.50. The summed E-state index contributed by atoms with van der Waals surface area (Å²) in [5.74, 6) is 0.575. The smallest absolute Gasteiger partial charge is 0.339 e. The maximum atomic E-state index is 11.8. The number of hydrogen-bond donors (Lipinski definition) is 1. The molecule has 0 aromatic carbocycles. The largest absolute Gasteiger partial charge is 0.462 e. The first kappa shape index (κ1) is 16.2. The van der Waals surface area contributed by atoms with Gasteiger partial charge in [0.2, 0.25) is 5.91 Å². The van der Waals surface area contributed by atoms with Crippen molar-refractivity contribution in [2.24, 2.45) is 0 Å². The van der Waals surface area contributed by atoms with Crippen LogP contribution in [0, 0.1) is 0 Å². The molecule has 2 rings (SSSR count). The Bertz CT molecular complexity index is 510. The predicted molar refractivity (Wildman–Crippen MR) is 82.9 cm³/mol. The molecule has 7 nitrogen and oxygen atoms in total. The number of amides is 1. The summed E-state index contributed by atoms with van der Waals surface area (Å²) in [7, 11) is 1.77. The Morgan fingerprint density at radius 2 is 2.00 bits per heavy atom. The number of nitrogens with zero attached hydrogens (tertiary/aromatic N) is 3. The summed E-state index contributed by atoms with van der Waals surface area (Å²) in [5, 5.41) is 2.87. The van der Waals surface area contributed by atoms with Gasteiger partial charge in [-0.3, -0.25) is 4.79 Å². The average molecular weight is 306 g/mol. The highest BCUT2D eigenvalue weighted by Gasteiger charge is 2.21. The van der Waals surface area contributed by atoms with Crippen molar-refractivity contribution in [1.29, 1.82) is 0 Å². The van der Waals surface area contributed by atoms with E-state index in [1.165, 1.54) is 6.20 Å². The third-order valence-electron chi connectivity index (χ3n) is 3.54. The molecule has 1 aromatic heterocycles. The van der Waals surface area contributed by atoms with Crippen LogP contribution < -0.4 is 10.2 Å². The lowest BCUT2D eigenvalue weighted by atomic mass is 10.2. The highest BCUT2D eigenvalue weighted by atomic mass is 16.5. The fraction of sp³-hybridized carbons (Fsp3) is 0.533. The van der Waals surface area contributed by atoms with Crippen molar-refractivity contribution in [1.82, 2.24) is 15.2 Å². The van der Waals surface area contributed by atoms with E-state index in [9.17, 15) is 9.59 Å². The average Bonchev–Trinajstić information content (AvgIpc) is 2.55. The molecule has 0 unspecified atom stereocenters. The van der Waals surface area contributed by atoms with Crippen LogP contribution >= 0.6 is 0 Å². The molecule has 0 aliphatic carbocycles. The Labute approximate surface area is 130 Å². The number of hydrogen-bond acceptors (Lipinski definition) is 6. The number of carbonyl (C=O) groups excluding carboxylic acids is 2. The standard InChI is InChI=1S/C15H22N4O3/c1-3-22-15(21)12-4-5-13(17-10-12)18-6-8-19(9-7-18)14(20)11-16-2/h4-5,10,16H,3,6-9,11H2,1-2H3. The van der Waals surface area contributed by atoms with Crippen molar-refractivity contribution in [3.8, 4) is 0 Å². The van der Waals surface area contributed by atoms with E-state index in [1.807, 2.05) is 11.0 Å². The van der Waals surface area contributed by atoms with E-state index in [0.29, 0.717) is 31.8 Å². The second-order valence-corrected chi connectivity index (χ2v) is 5.02. The second kappa shape index (κ2) is 7.74. The SMILES string of the molecule is CCOC(=O)c1ccc(N2CCN(C(=O)CNC)CC2)nc1. The fourth-order valence-electron chi connectivity index (χ4n) is 2.36. The topological polar surface area (TPSA) is 74.8 Å². The second-order valence-electron chi connectivity index (χ2n) is 5.02. The summed E-state index contributed by atoms with van der Waals surface area (Å²) in [6.07, 6.45) is 1.53. The van der Waals surface area contributed by atoms with Gasteiger partial charge in [-0.1, -0.05) is 0 Å². The number of esters is 1. The van der Waals surface area contributed by atoms with E-state index >= 15 is 0 Å². The van der Waals surface area contributed by atoms with Crippen LogP contribution in [-0.2, 0) is 9.53 Å². The van der Waals surface area contributed by atoms with Crippen molar-refractivity contribution in [2.45, 2.75) is 6.92 Å². The minimum Gasteiger partial charge on any atom is -0.462 e. The molecular weight excluding hydrogens is 284 g/mol. The number of likely N-dealkylation sites (N-methyl/N-ethyl adjacent to an activating group) is 1. The minimum absolute atomic E-state index is 0.118. The number of pyridine rings is 1. The van der Waals surface area contributed by atoms with Gasteiger partial charge in [-0.2, -0.15) is 0 Å². The van der Waals surface area contributed by atoms with Gasteiger partial charge in [0, 0.05) is 32.4 Å². The number of piperazine rings is 1. The van der Waals surface area contributed by atoms with Crippen LogP contribution in [0.25, 0.3) is 0 Å². The number of anilines is 1. The number of carbonyl (C=O) groups is 2. The number of nitrogens with one attached hydrogen (secondary N) is 1. The van der Waals surface area contributed by atoms with Crippen molar-refractivity contribution in [3.63, 3.8) is 0 Å². The van der Waals surface area contributed by atoms with Crippen LogP contribution in [0.4, 0.5) is 5.82 Å². The molecule has 1 fully saturated rings. The molecule has 22 heavy (non-hydrogen) atoms. The van der Waals surface area contributed by atoms with Crippen molar-refractivity contribution in [3.05, 3.63) is 23.9 Å². The van der Waals surface area contributed by atoms with Crippen LogP contribution in [-0.4, -0.2) is 68.1 Å². The van der Waals surface area contributed by atoms with Gasteiger partial charge in [0.1, 0.15) is 5.82 Å². The highest BCUT2D eigenvalue weighted by Crippen LogP contribution is 2.14. The molecule has 120 valence electrons. The highest BCUT2D eigenvalue weighted by molar-refractivity contribution is 5.89. The van der Waals surface area contributed by atoms with Crippen molar-refractivity contribution in [2.75, 3.05) is 51.3 Å². The van der Waals surface area contributed by atoms with Crippen LogP contribution in [0.2, 0.25) is 0 Å². The van der Waals surface area contributed by atoms with E-state index in [0.717, 1.165) is 18.9 Å². The predicted octanol–water partition coefficient (Wildman–Crippen LogP) is 0.126. The minimum atomic E-state index is -0.357. The summed E-state index contributed by atoms with van der Waals surface area (Å²) in [6.45, 7) is 5.33. The van der Waals surface area contributed by atoms with Gasteiger partial charge in [-0.05, 0) is 26.1 Å². The lowest BCUT2D eigenvalue weighted by Gasteiger charge is -2.35. The molecule has 0 spiro atoms. The number of ether oxygens (including phenoxy) is 1. The number of rotatable bonds is 5. The molecule has 0 radical (unpaired) electrons. The van der Waals surface area contributed by atoms with E-state index in [-0.39, 0.29) is 11.9 Å². The van der Waals surface area contributed by atoms with Crippen LogP contribution in [0.1, 0.15) is 17.3 Å². The first-order valence-electron chi connectivity index (χ1n) is 7.46. The third kappa shape index (κ3) is 3.94. The fourth-order valence-corrected chi connectivity index (χ4v) is 2.36. The Hall–Kier alpha value is -2.15. The monoisotopic (exact) mass is 306 g/mol. The molecule has 1 aliphatic heterocycles. The van der Waals surface area contributed by atoms with E-state index in [1.54, 1.807) is 20.0 Å². The zero-order chi connectivity index (χ0) is 15.9. The summed E-state index contributed by atoms with van der Waals surface area (Å²) in [6, 6.07) is 3.54. The normalized spacial score (nSPS) is 14.8. The molecule has 1 aromatic rings. The van der Waals surface area contributed by atoms with Crippen LogP contribution in [0.15, 0.2) is 18.3 Å². The summed E-state index contributed by atoms with van der Waals surface area (Å²) in [4.78, 5) is 31.7.